The average molecular weight is 487 g/mol. The Hall–Kier alpha value is -5.06. The van der Waals surface area contributed by atoms with Crippen molar-refractivity contribution in [2.45, 2.75) is 0 Å². The van der Waals surface area contributed by atoms with Gasteiger partial charge in [-0.15, -0.1) is 0 Å². The molecule has 2 amide bonds. The molecule has 2 heterocycles. The highest BCUT2D eigenvalue weighted by atomic mass is 19.1. The van der Waals surface area contributed by atoms with Crippen molar-refractivity contribution in [3.8, 4) is 11.1 Å². The van der Waals surface area contributed by atoms with Crippen molar-refractivity contribution in [3.05, 3.63) is 85.1 Å². The van der Waals surface area contributed by atoms with Crippen LogP contribution in [0.15, 0.2) is 73.7 Å². The van der Waals surface area contributed by atoms with E-state index in [0.29, 0.717) is 28.1 Å². The van der Waals surface area contributed by atoms with Crippen molar-refractivity contribution >= 4 is 40.6 Å². The van der Waals surface area contributed by atoms with E-state index in [-0.39, 0.29) is 23.4 Å². The Kier molecular flexibility index (Phi) is 7.00. The number of rotatable bonds is 8. The number of nitrogens with zero attached hydrogens (tertiary/aromatic N) is 4. The molecule has 2 aromatic carbocycles. The van der Waals surface area contributed by atoms with Crippen LogP contribution in [-0.4, -0.2) is 38.6 Å². The van der Waals surface area contributed by atoms with Gasteiger partial charge in [0.15, 0.2) is 0 Å². The lowest BCUT2D eigenvalue weighted by molar-refractivity contribution is -0.111. The number of benzene rings is 2. The summed E-state index contributed by atoms with van der Waals surface area (Å²) in [6.45, 7) is 3.42. The van der Waals surface area contributed by atoms with E-state index in [1.54, 1.807) is 61.6 Å². The van der Waals surface area contributed by atoms with E-state index < -0.39 is 11.7 Å². The molecule has 4 rings (SSSR count). The van der Waals surface area contributed by atoms with Crippen LogP contribution in [0.5, 0.6) is 0 Å². The Labute approximate surface area is 206 Å². The van der Waals surface area contributed by atoms with Crippen molar-refractivity contribution in [2.24, 2.45) is 7.05 Å². The average Bonchev–Trinajstić information content (AvgIpc) is 3.30. The van der Waals surface area contributed by atoms with Crippen molar-refractivity contribution in [3.63, 3.8) is 0 Å². The molecule has 0 saturated carbocycles. The topological polar surface area (TPSA) is 126 Å². The summed E-state index contributed by atoms with van der Waals surface area (Å²) in [6.07, 6.45) is 6.05. The molecule has 0 aliphatic heterocycles. The summed E-state index contributed by atoms with van der Waals surface area (Å²) in [5.74, 6) is -0.718. The number of aromatic nitrogens is 4. The summed E-state index contributed by atoms with van der Waals surface area (Å²) in [7, 11) is 3.33. The number of aryl methyl sites for hydroxylation is 1. The maximum atomic E-state index is 14.8. The van der Waals surface area contributed by atoms with Gasteiger partial charge in [0.25, 0.3) is 5.91 Å². The third-order valence-corrected chi connectivity index (χ3v) is 5.08. The number of carbonyl (C=O) groups excluding carboxylic acids is 2. The van der Waals surface area contributed by atoms with Crippen LogP contribution in [0.2, 0.25) is 0 Å². The molecule has 0 aliphatic rings. The lowest BCUT2D eigenvalue weighted by Crippen LogP contribution is -2.17. The summed E-state index contributed by atoms with van der Waals surface area (Å²) in [5, 5.41) is 15.4. The van der Waals surface area contributed by atoms with Gasteiger partial charge in [-0.25, -0.2) is 9.37 Å². The Morgan fingerprint density at radius 2 is 1.92 bits per heavy atom. The summed E-state index contributed by atoms with van der Waals surface area (Å²) in [5.41, 5.74) is 2.72. The molecular formula is C25H23FN8O2. The molecule has 0 aliphatic carbocycles. The largest absolute Gasteiger partial charge is 0.355 e. The number of hydrogen-bond donors (Lipinski definition) is 4. The molecule has 4 N–H and O–H groups in total. The second-order valence-corrected chi connectivity index (χ2v) is 7.66. The van der Waals surface area contributed by atoms with Crippen LogP contribution in [-0.2, 0) is 11.8 Å². The fourth-order valence-corrected chi connectivity index (χ4v) is 3.36. The van der Waals surface area contributed by atoms with E-state index in [1.807, 2.05) is 0 Å². The molecule has 0 bridgehead atoms. The molecule has 0 saturated heterocycles. The molecule has 2 aromatic heterocycles. The maximum Gasteiger partial charge on any atom is 0.251 e. The third-order valence-electron chi connectivity index (χ3n) is 5.08. The first-order chi connectivity index (χ1) is 17.4. The van der Waals surface area contributed by atoms with Crippen LogP contribution in [0.25, 0.3) is 11.1 Å². The molecule has 0 fully saturated rings. The van der Waals surface area contributed by atoms with Gasteiger partial charge in [0, 0.05) is 43.3 Å². The summed E-state index contributed by atoms with van der Waals surface area (Å²) >= 11 is 0. The highest BCUT2D eigenvalue weighted by Crippen LogP contribution is 2.32. The van der Waals surface area contributed by atoms with Crippen LogP contribution in [0.3, 0.4) is 0 Å². The standard InChI is InChI=1S/C25H23FN8O2/c1-4-22(35)30-17-8-9-20(26)21(11-17)32-23-19(15-6-5-7-16(10-15)24(36)27-2)13-28-25(33-23)31-18-12-29-34(3)14-18/h4-14H,1H2,2-3H3,(H,27,36)(H,30,35)(H2,28,31,32,33). The minimum atomic E-state index is -0.558. The van der Waals surface area contributed by atoms with Crippen LogP contribution < -0.4 is 21.3 Å². The monoisotopic (exact) mass is 486 g/mol. The minimum Gasteiger partial charge on any atom is -0.355 e. The number of halogens is 1. The van der Waals surface area contributed by atoms with Gasteiger partial charge in [0.05, 0.1) is 17.6 Å². The first-order valence-corrected chi connectivity index (χ1v) is 10.8. The quantitative estimate of drug-likeness (QED) is 0.278. The molecule has 10 nitrogen and oxygen atoms in total. The molecule has 4 aromatic rings. The minimum absolute atomic E-state index is 0.0756. The molecule has 0 radical (unpaired) electrons. The normalized spacial score (nSPS) is 10.4. The molecule has 0 unspecified atom stereocenters. The fourth-order valence-electron chi connectivity index (χ4n) is 3.36. The zero-order chi connectivity index (χ0) is 25.7. The lowest BCUT2D eigenvalue weighted by Gasteiger charge is -2.15. The van der Waals surface area contributed by atoms with Crippen LogP contribution >= 0.6 is 0 Å². The molecular weight excluding hydrogens is 463 g/mol. The first kappa shape index (κ1) is 24.1. The fraction of sp³-hybridized carbons (Fsp3) is 0.0800. The van der Waals surface area contributed by atoms with Gasteiger partial charge in [0.2, 0.25) is 11.9 Å². The number of hydrogen-bond acceptors (Lipinski definition) is 7. The molecule has 182 valence electrons. The van der Waals surface area contributed by atoms with Gasteiger partial charge < -0.3 is 21.3 Å². The van der Waals surface area contributed by atoms with Gasteiger partial charge >= 0.3 is 0 Å². The molecule has 0 spiro atoms. The molecule has 36 heavy (non-hydrogen) atoms. The summed E-state index contributed by atoms with van der Waals surface area (Å²) in [6, 6.07) is 11.0. The lowest BCUT2D eigenvalue weighted by atomic mass is 10.0. The highest BCUT2D eigenvalue weighted by Gasteiger charge is 2.15. The van der Waals surface area contributed by atoms with Gasteiger partial charge in [-0.3, -0.25) is 14.3 Å². The SMILES string of the molecule is C=CC(=O)Nc1ccc(F)c(Nc2nc(Nc3cnn(C)c3)ncc2-c2cccc(C(=O)NC)c2)c1. The number of amides is 2. The van der Waals surface area contributed by atoms with Gasteiger partial charge in [0.1, 0.15) is 11.6 Å². The Balaban J connectivity index is 1.76. The van der Waals surface area contributed by atoms with Crippen LogP contribution in [0, 0.1) is 5.82 Å². The zero-order valence-electron chi connectivity index (χ0n) is 19.5. The predicted molar refractivity (Wildman–Crippen MR) is 136 cm³/mol. The Morgan fingerprint density at radius 3 is 2.64 bits per heavy atom. The van der Waals surface area contributed by atoms with Crippen molar-refractivity contribution < 1.29 is 14.0 Å². The maximum absolute atomic E-state index is 14.8. The van der Waals surface area contributed by atoms with Gasteiger partial charge in [-0.05, 0) is 42.0 Å². The number of anilines is 5. The van der Waals surface area contributed by atoms with Crippen LogP contribution in [0.4, 0.5) is 33.2 Å². The van der Waals surface area contributed by atoms with E-state index in [0.717, 1.165) is 6.08 Å². The predicted octanol–water partition coefficient (Wildman–Crippen LogP) is 3.99. The van der Waals surface area contributed by atoms with Crippen molar-refractivity contribution in [1.29, 1.82) is 0 Å². The summed E-state index contributed by atoms with van der Waals surface area (Å²) < 4.78 is 16.4. The second-order valence-electron chi connectivity index (χ2n) is 7.66. The van der Waals surface area contributed by atoms with Gasteiger partial charge in [-0.1, -0.05) is 18.7 Å². The number of nitrogens with one attached hydrogen (secondary N) is 4. The number of carbonyl (C=O) groups is 2. The van der Waals surface area contributed by atoms with E-state index >= 15 is 0 Å². The van der Waals surface area contributed by atoms with E-state index in [4.69, 9.17) is 0 Å². The molecule has 11 heteroatoms. The smallest absolute Gasteiger partial charge is 0.251 e. The van der Waals surface area contributed by atoms with E-state index in [9.17, 15) is 14.0 Å². The van der Waals surface area contributed by atoms with E-state index in [1.165, 1.54) is 18.2 Å². The third kappa shape index (κ3) is 5.53. The Bertz CT molecular complexity index is 1450. The van der Waals surface area contributed by atoms with Crippen molar-refractivity contribution in [2.75, 3.05) is 23.0 Å². The highest BCUT2D eigenvalue weighted by molar-refractivity contribution is 5.99. The molecule has 0 atom stereocenters. The second kappa shape index (κ2) is 10.5. The Morgan fingerprint density at radius 1 is 1.08 bits per heavy atom. The van der Waals surface area contributed by atoms with E-state index in [2.05, 4.69) is 42.9 Å². The van der Waals surface area contributed by atoms with Gasteiger partial charge in [-0.2, -0.15) is 10.1 Å². The van der Waals surface area contributed by atoms with Crippen LogP contribution in [0.1, 0.15) is 10.4 Å². The summed E-state index contributed by atoms with van der Waals surface area (Å²) in [4.78, 5) is 32.8. The van der Waals surface area contributed by atoms with Crippen molar-refractivity contribution in [1.82, 2.24) is 25.1 Å². The first-order valence-electron chi connectivity index (χ1n) is 10.8. The zero-order valence-corrected chi connectivity index (χ0v) is 19.5.